The van der Waals surface area contributed by atoms with Gasteiger partial charge in [0.05, 0.1) is 10.1 Å². The van der Waals surface area contributed by atoms with Crippen LogP contribution in [0.5, 0.6) is 0 Å². The summed E-state index contributed by atoms with van der Waals surface area (Å²) in [6, 6.07) is 2.03. The van der Waals surface area contributed by atoms with Crippen LogP contribution in [0, 0.1) is 11.3 Å². The topological polar surface area (TPSA) is 27.0 Å². The maximum atomic E-state index is 8.75. The molecule has 0 fully saturated rings. The summed E-state index contributed by atoms with van der Waals surface area (Å²) in [5.41, 5.74) is 0.486. The van der Waals surface area contributed by atoms with Gasteiger partial charge < -0.3 is 4.90 Å². The first-order valence-electron chi connectivity index (χ1n) is 3.62. The first kappa shape index (κ1) is 10.1. The van der Waals surface area contributed by atoms with Gasteiger partial charge in [-0.05, 0) is 0 Å². The highest BCUT2D eigenvalue weighted by Gasteiger charge is 2.04. The number of rotatable bonds is 1. The van der Waals surface area contributed by atoms with Crippen LogP contribution in [0.15, 0.2) is 0 Å². The maximum Gasteiger partial charge on any atom is 0.112 e. The van der Waals surface area contributed by atoms with Crippen molar-refractivity contribution in [2.75, 3.05) is 14.1 Å². The molecule has 13 heavy (non-hydrogen) atoms. The summed E-state index contributed by atoms with van der Waals surface area (Å²) in [6.45, 7) is 3.81. The van der Waals surface area contributed by atoms with Crippen LogP contribution < -0.4 is 9.75 Å². The van der Waals surface area contributed by atoms with E-state index in [9.17, 15) is 0 Å². The van der Waals surface area contributed by atoms with Crippen molar-refractivity contribution >= 4 is 35.7 Å². The molecule has 1 aromatic heterocycles. The van der Waals surface area contributed by atoms with E-state index in [-0.39, 0.29) is 0 Å². The molecule has 0 aliphatic heterocycles. The highest BCUT2D eigenvalue weighted by molar-refractivity contribution is 7.14. The third-order valence-electron chi connectivity index (χ3n) is 1.48. The Morgan fingerprint density at radius 1 is 1.62 bits per heavy atom. The summed E-state index contributed by atoms with van der Waals surface area (Å²) in [5.74, 6) is 0. The Hall–Kier alpha value is -0.980. The van der Waals surface area contributed by atoms with Crippen LogP contribution in [0.25, 0.3) is 12.8 Å². The van der Waals surface area contributed by atoms with E-state index < -0.39 is 0 Å². The molecule has 0 aliphatic carbocycles. The second-order valence-electron chi connectivity index (χ2n) is 2.80. The summed E-state index contributed by atoms with van der Waals surface area (Å²) < 4.78 is 1.45. The number of nitriles is 1. The summed E-state index contributed by atoms with van der Waals surface area (Å²) in [6.07, 6.45) is 1.90. The van der Waals surface area contributed by atoms with Crippen molar-refractivity contribution in [3.8, 4) is 6.07 Å². The Labute approximate surface area is 86.0 Å². The number of nitrogens with zero attached hydrogens (tertiary/aromatic N) is 2. The van der Waals surface area contributed by atoms with Crippen molar-refractivity contribution in [1.82, 2.24) is 4.90 Å². The van der Waals surface area contributed by atoms with Crippen molar-refractivity contribution < 1.29 is 0 Å². The molecule has 0 saturated heterocycles. The second kappa shape index (κ2) is 3.82. The van der Waals surface area contributed by atoms with Gasteiger partial charge in [-0.25, -0.2) is 0 Å². The molecule has 0 amide bonds. The van der Waals surface area contributed by atoms with E-state index in [0.29, 0.717) is 15.1 Å². The normalized spacial score (nSPS) is 11.4. The van der Waals surface area contributed by atoms with Crippen LogP contribution in [0.2, 0.25) is 4.34 Å². The average Bonchev–Trinajstić information content (AvgIpc) is 2.26. The van der Waals surface area contributed by atoms with Crippen molar-refractivity contribution in [1.29, 1.82) is 5.26 Å². The zero-order valence-electron chi connectivity index (χ0n) is 7.47. The monoisotopic (exact) mass is 212 g/mol. The molecule has 0 spiro atoms. The van der Waals surface area contributed by atoms with Gasteiger partial charge in [-0.3, -0.25) is 0 Å². The predicted octanol–water partition coefficient (Wildman–Crippen LogP) is 0.983. The Morgan fingerprint density at radius 2 is 2.23 bits per heavy atom. The molecule has 0 aliphatic rings. The van der Waals surface area contributed by atoms with E-state index in [1.165, 1.54) is 11.3 Å². The van der Waals surface area contributed by atoms with E-state index in [4.69, 9.17) is 16.9 Å². The number of hydrogen-bond acceptors (Lipinski definition) is 3. The molecule has 4 heteroatoms. The molecule has 68 valence electrons. The summed E-state index contributed by atoms with van der Waals surface area (Å²) in [5, 5.41) is 9.47. The van der Waals surface area contributed by atoms with Gasteiger partial charge >= 0.3 is 0 Å². The molecule has 0 atom stereocenters. The summed E-state index contributed by atoms with van der Waals surface area (Å²) >= 11 is 7.23. The summed E-state index contributed by atoms with van der Waals surface area (Å²) in [7, 11) is 3.83. The van der Waals surface area contributed by atoms with Crippen molar-refractivity contribution in [2.45, 2.75) is 0 Å². The zero-order chi connectivity index (χ0) is 10.0. The molecule has 0 N–H and O–H groups in total. The number of hydrogen-bond donors (Lipinski definition) is 0. The van der Waals surface area contributed by atoms with Gasteiger partial charge in [-0.15, -0.1) is 11.3 Å². The average molecular weight is 213 g/mol. The first-order valence-corrected chi connectivity index (χ1v) is 4.81. The molecule has 2 nitrogen and oxygen atoms in total. The lowest BCUT2D eigenvalue weighted by atomic mass is 10.3. The predicted molar refractivity (Wildman–Crippen MR) is 57.0 cm³/mol. The Bertz CT molecular complexity index is 453. The molecule has 1 rings (SSSR count). The molecule has 0 radical (unpaired) electrons. The largest absolute Gasteiger partial charge is 0.382 e. The quantitative estimate of drug-likeness (QED) is 0.694. The van der Waals surface area contributed by atoms with Crippen molar-refractivity contribution in [3.05, 3.63) is 19.7 Å². The van der Waals surface area contributed by atoms with Crippen LogP contribution in [0.3, 0.4) is 0 Å². The van der Waals surface area contributed by atoms with E-state index in [2.05, 4.69) is 6.58 Å². The van der Waals surface area contributed by atoms with Crippen molar-refractivity contribution in [3.63, 3.8) is 0 Å². The minimum absolute atomic E-state index is 0.486. The lowest BCUT2D eigenvalue weighted by Gasteiger charge is -2.00. The molecule has 1 heterocycles. The smallest absolute Gasteiger partial charge is 0.112 e. The SMILES string of the molecule is C=c1c(C#N)c(Cl)s/c1=C/N(C)C. The van der Waals surface area contributed by atoms with Crippen LogP contribution >= 0.6 is 22.9 Å². The van der Waals surface area contributed by atoms with Gasteiger partial charge in [0.15, 0.2) is 0 Å². The Morgan fingerprint density at radius 3 is 2.62 bits per heavy atom. The molecule has 0 aromatic carbocycles. The van der Waals surface area contributed by atoms with Crippen molar-refractivity contribution in [2.24, 2.45) is 0 Å². The molecule has 0 bridgehead atoms. The fraction of sp³-hybridized carbons (Fsp3) is 0.222. The number of thiophene rings is 1. The highest BCUT2D eigenvalue weighted by Crippen LogP contribution is 2.13. The van der Waals surface area contributed by atoms with Crippen LogP contribution in [0.1, 0.15) is 5.56 Å². The Balaban J connectivity index is 3.46. The van der Waals surface area contributed by atoms with Gasteiger partial charge in [0.2, 0.25) is 0 Å². The van der Waals surface area contributed by atoms with Gasteiger partial charge in [0.1, 0.15) is 10.4 Å². The van der Waals surface area contributed by atoms with E-state index in [1.54, 1.807) is 0 Å². The third-order valence-corrected chi connectivity index (χ3v) is 2.86. The van der Waals surface area contributed by atoms with Gasteiger partial charge in [0, 0.05) is 25.5 Å². The third kappa shape index (κ3) is 2.03. The highest BCUT2D eigenvalue weighted by atomic mass is 35.5. The van der Waals surface area contributed by atoms with Crippen LogP contribution in [0.4, 0.5) is 0 Å². The zero-order valence-corrected chi connectivity index (χ0v) is 9.04. The number of halogens is 1. The van der Waals surface area contributed by atoms with E-state index >= 15 is 0 Å². The second-order valence-corrected chi connectivity index (χ2v) is 4.45. The van der Waals surface area contributed by atoms with Crippen LogP contribution in [-0.4, -0.2) is 19.0 Å². The molecule has 0 saturated carbocycles. The lowest BCUT2D eigenvalue weighted by molar-refractivity contribution is 0.615. The van der Waals surface area contributed by atoms with Crippen LogP contribution in [-0.2, 0) is 0 Å². The lowest BCUT2D eigenvalue weighted by Crippen LogP contribution is -2.22. The maximum absolute atomic E-state index is 8.75. The molecular weight excluding hydrogens is 204 g/mol. The van der Waals surface area contributed by atoms with E-state index in [1.807, 2.05) is 31.3 Å². The van der Waals surface area contributed by atoms with Gasteiger partial charge in [0.25, 0.3) is 0 Å². The summed E-state index contributed by atoms with van der Waals surface area (Å²) in [4.78, 5) is 1.90. The Kier molecular flexibility index (Phi) is 2.97. The molecular formula is C9H9ClN2S. The van der Waals surface area contributed by atoms with Gasteiger partial charge in [-0.2, -0.15) is 5.26 Å². The molecule has 1 aromatic rings. The molecule has 0 unspecified atom stereocenters. The fourth-order valence-electron chi connectivity index (χ4n) is 0.901. The fourth-order valence-corrected chi connectivity index (χ4v) is 2.26. The minimum Gasteiger partial charge on any atom is -0.382 e. The first-order chi connectivity index (χ1) is 6.06. The minimum atomic E-state index is 0.486. The van der Waals surface area contributed by atoms with Gasteiger partial charge in [-0.1, -0.05) is 18.2 Å². The van der Waals surface area contributed by atoms with E-state index in [0.717, 1.165) is 4.53 Å². The standard InChI is InChI=1S/C9H9ClN2S/c1-6-7(4-11)9(10)13-8(6)5-12(2)3/h5H,1H2,2-3H3/b8-5+.